The number of imidazole rings is 1. The molecule has 0 aliphatic carbocycles. The first-order chi connectivity index (χ1) is 10.7. The lowest BCUT2D eigenvalue weighted by Gasteiger charge is -2.11. The average molecular weight is 403 g/mol. The molecule has 0 atom stereocenters. The van der Waals surface area contributed by atoms with Gasteiger partial charge in [0.05, 0.1) is 12.0 Å². The summed E-state index contributed by atoms with van der Waals surface area (Å²) >= 11 is 2.22. The zero-order chi connectivity index (χ0) is 15.4. The summed E-state index contributed by atoms with van der Waals surface area (Å²) in [5, 5.41) is 2.96. The Labute approximate surface area is 142 Å². The summed E-state index contributed by atoms with van der Waals surface area (Å²) in [7, 11) is 0. The Morgan fingerprint density at radius 2 is 1.91 bits per heavy atom. The first kappa shape index (κ1) is 14.8. The zero-order valence-corrected chi connectivity index (χ0v) is 13.9. The number of nitrogens with one attached hydrogen (secondary N) is 1. The van der Waals surface area contributed by atoms with Gasteiger partial charge in [0.15, 0.2) is 0 Å². The lowest BCUT2D eigenvalue weighted by molar-refractivity contribution is 0.0951. The Morgan fingerprint density at radius 3 is 2.64 bits per heavy atom. The van der Waals surface area contributed by atoms with E-state index in [0.29, 0.717) is 12.1 Å². The maximum Gasteiger partial charge on any atom is 0.251 e. The number of amides is 1. The van der Waals surface area contributed by atoms with Crippen molar-refractivity contribution in [2.24, 2.45) is 0 Å². The molecular weight excluding hydrogens is 389 g/mol. The van der Waals surface area contributed by atoms with E-state index in [4.69, 9.17) is 0 Å². The Kier molecular flexibility index (Phi) is 4.53. The van der Waals surface area contributed by atoms with Gasteiger partial charge in [-0.2, -0.15) is 0 Å². The molecule has 0 saturated carbocycles. The minimum Gasteiger partial charge on any atom is -0.348 e. The highest BCUT2D eigenvalue weighted by molar-refractivity contribution is 14.1. The average Bonchev–Trinajstić information content (AvgIpc) is 3.08. The maximum atomic E-state index is 12.2. The Morgan fingerprint density at radius 1 is 1.14 bits per heavy atom. The number of benzene rings is 2. The molecule has 0 aliphatic rings. The minimum atomic E-state index is -0.0724. The summed E-state index contributed by atoms with van der Waals surface area (Å²) in [4.78, 5) is 16.3. The molecule has 5 heteroatoms. The van der Waals surface area contributed by atoms with E-state index in [1.165, 1.54) is 0 Å². The van der Waals surface area contributed by atoms with Crippen LogP contribution >= 0.6 is 22.6 Å². The van der Waals surface area contributed by atoms with Crippen LogP contribution in [0.25, 0.3) is 5.69 Å². The van der Waals surface area contributed by atoms with Crippen LogP contribution in [0.5, 0.6) is 0 Å². The molecule has 1 aromatic heterocycles. The zero-order valence-electron chi connectivity index (χ0n) is 11.7. The molecule has 3 rings (SSSR count). The molecule has 0 unspecified atom stereocenters. The fraction of sp³-hybridized carbons (Fsp3) is 0.0588. The molecule has 3 aromatic rings. The third-order valence-corrected chi connectivity index (χ3v) is 4.04. The minimum absolute atomic E-state index is 0.0724. The molecule has 1 amide bonds. The number of para-hydroxylation sites is 1. The highest BCUT2D eigenvalue weighted by atomic mass is 127. The second-order valence-corrected chi connectivity index (χ2v) is 6.03. The maximum absolute atomic E-state index is 12.2. The van der Waals surface area contributed by atoms with Gasteiger partial charge in [0, 0.05) is 28.1 Å². The number of aromatic nitrogens is 2. The fourth-order valence-electron chi connectivity index (χ4n) is 2.19. The number of hydrogen-bond donors (Lipinski definition) is 1. The van der Waals surface area contributed by atoms with Crippen molar-refractivity contribution in [2.75, 3.05) is 0 Å². The van der Waals surface area contributed by atoms with Crippen LogP contribution in [0.2, 0.25) is 0 Å². The van der Waals surface area contributed by atoms with Crippen molar-refractivity contribution >= 4 is 28.5 Å². The smallest absolute Gasteiger partial charge is 0.251 e. The van der Waals surface area contributed by atoms with Crippen molar-refractivity contribution in [3.8, 4) is 5.69 Å². The number of carbonyl (C=O) groups excluding carboxylic acids is 1. The highest BCUT2D eigenvalue weighted by Gasteiger charge is 2.08. The van der Waals surface area contributed by atoms with E-state index in [9.17, 15) is 4.79 Å². The molecule has 0 aliphatic heterocycles. The molecule has 110 valence electrons. The summed E-state index contributed by atoms with van der Waals surface area (Å²) in [6.07, 6.45) is 5.38. The summed E-state index contributed by atoms with van der Waals surface area (Å²) in [5.74, 6) is -0.0724. The van der Waals surface area contributed by atoms with Gasteiger partial charge in [0.25, 0.3) is 5.91 Å². The second kappa shape index (κ2) is 6.74. The molecule has 0 bridgehead atoms. The quantitative estimate of drug-likeness (QED) is 0.679. The summed E-state index contributed by atoms with van der Waals surface area (Å²) in [6.45, 7) is 0.471. The number of halogens is 1. The molecule has 1 heterocycles. The first-order valence-electron chi connectivity index (χ1n) is 6.84. The topological polar surface area (TPSA) is 46.9 Å². The predicted octanol–water partition coefficient (Wildman–Crippen LogP) is 3.41. The van der Waals surface area contributed by atoms with E-state index in [-0.39, 0.29) is 5.91 Å². The van der Waals surface area contributed by atoms with E-state index in [0.717, 1.165) is 14.8 Å². The summed E-state index contributed by atoms with van der Waals surface area (Å²) in [5.41, 5.74) is 2.72. The van der Waals surface area contributed by atoms with Gasteiger partial charge in [-0.25, -0.2) is 4.98 Å². The molecule has 1 N–H and O–H groups in total. The lowest BCUT2D eigenvalue weighted by atomic mass is 10.1. The van der Waals surface area contributed by atoms with Crippen molar-refractivity contribution in [3.05, 3.63) is 81.9 Å². The molecule has 4 nitrogen and oxygen atoms in total. The van der Waals surface area contributed by atoms with Gasteiger partial charge in [-0.3, -0.25) is 4.79 Å². The van der Waals surface area contributed by atoms with Crippen LogP contribution in [0.3, 0.4) is 0 Å². The molecule has 0 spiro atoms. The van der Waals surface area contributed by atoms with Crippen LogP contribution in [0.4, 0.5) is 0 Å². The SMILES string of the molecule is O=C(NCc1ccccc1-n1ccnc1)c1ccc(I)cc1. The molecule has 22 heavy (non-hydrogen) atoms. The molecule has 0 fully saturated rings. The van der Waals surface area contributed by atoms with Crippen LogP contribution in [-0.2, 0) is 6.54 Å². The van der Waals surface area contributed by atoms with Crippen LogP contribution in [0.1, 0.15) is 15.9 Å². The third kappa shape index (κ3) is 3.36. The van der Waals surface area contributed by atoms with E-state index < -0.39 is 0 Å². The van der Waals surface area contributed by atoms with Gasteiger partial charge in [-0.05, 0) is 58.5 Å². The molecule has 0 radical (unpaired) electrons. The Bertz CT molecular complexity index is 767. The van der Waals surface area contributed by atoms with E-state index in [1.807, 2.05) is 59.3 Å². The second-order valence-electron chi connectivity index (χ2n) is 4.79. The van der Waals surface area contributed by atoms with Crippen molar-refractivity contribution in [1.29, 1.82) is 0 Å². The highest BCUT2D eigenvalue weighted by Crippen LogP contribution is 2.14. The number of carbonyl (C=O) groups is 1. The van der Waals surface area contributed by atoms with Gasteiger partial charge in [0.2, 0.25) is 0 Å². The van der Waals surface area contributed by atoms with Crippen LogP contribution in [0, 0.1) is 3.57 Å². The largest absolute Gasteiger partial charge is 0.348 e. The van der Waals surface area contributed by atoms with Crippen LogP contribution < -0.4 is 5.32 Å². The van der Waals surface area contributed by atoms with Gasteiger partial charge in [-0.15, -0.1) is 0 Å². The van der Waals surface area contributed by atoms with E-state index in [2.05, 4.69) is 32.9 Å². The van der Waals surface area contributed by atoms with Crippen LogP contribution in [0.15, 0.2) is 67.3 Å². The lowest BCUT2D eigenvalue weighted by Crippen LogP contribution is -2.23. The Balaban J connectivity index is 1.74. The van der Waals surface area contributed by atoms with Gasteiger partial charge >= 0.3 is 0 Å². The number of hydrogen-bond acceptors (Lipinski definition) is 2. The van der Waals surface area contributed by atoms with Crippen molar-refractivity contribution in [2.45, 2.75) is 6.54 Å². The first-order valence-corrected chi connectivity index (χ1v) is 7.92. The van der Waals surface area contributed by atoms with Gasteiger partial charge < -0.3 is 9.88 Å². The third-order valence-electron chi connectivity index (χ3n) is 3.32. The standard InChI is InChI=1S/C17H14IN3O/c18-15-7-5-13(6-8-15)17(22)20-11-14-3-1-2-4-16(14)21-10-9-19-12-21/h1-10,12H,11H2,(H,20,22). The van der Waals surface area contributed by atoms with Gasteiger partial charge in [-0.1, -0.05) is 18.2 Å². The fourth-order valence-corrected chi connectivity index (χ4v) is 2.55. The molecular formula is C17H14IN3O. The van der Waals surface area contributed by atoms with Crippen molar-refractivity contribution in [3.63, 3.8) is 0 Å². The molecule has 0 saturated heterocycles. The van der Waals surface area contributed by atoms with Crippen LogP contribution in [-0.4, -0.2) is 15.5 Å². The summed E-state index contributed by atoms with van der Waals surface area (Å²) in [6, 6.07) is 15.5. The van der Waals surface area contributed by atoms with E-state index >= 15 is 0 Å². The van der Waals surface area contributed by atoms with Crippen molar-refractivity contribution in [1.82, 2.24) is 14.9 Å². The summed E-state index contributed by atoms with van der Waals surface area (Å²) < 4.78 is 3.05. The Hall–Kier alpha value is -2.15. The van der Waals surface area contributed by atoms with Gasteiger partial charge in [0.1, 0.15) is 0 Å². The monoisotopic (exact) mass is 403 g/mol. The molecule has 2 aromatic carbocycles. The number of rotatable bonds is 4. The van der Waals surface area contributed by atoms with Crippen molar-refractivity contribution < 1.29 is 4.79 Å². The number of nitrogens with zero attached hydrogens (tertiary/aromatic N) is 2. The predicted molar refractivity (Wildman–Crippen MR) is 93.9 cm³/mol. The van der Waals surface area contributed by atoms with E-state index in [1.54, 1.807) is 12.5 Å². The normalized spacial score (nSPS) is 10.4.